The third-order valence-corrected chi connectivity index (χ3v) is 7.86. The van der Waals surface area contributed by atoms with E-state index < -0.39 is 16.1 Å². The normalized spacial score (nSPS) is 18.2. The van der Waals surface area contributed by atoms with Gasteiger partial charge in [0.1, 0.15) is 5.75 Å². The number of rotatable bonds is 8. The smallest absolute Gasteiger partial charge is 0.265 e. The average molecular weight is 474 g/mol. The number of amides is 1. The molecule has 0 aromatic heterocycles. The first-order valence-corrected chi connectivity index (χ1v) is 12.9. The van der Waals surface area contributed by atoms with Crippen molar-refractivity contribution in [1.29, 1.82) is 0 Å². The molecule has 2 aromatic rings. The Balaban J connectivity index is 1.61. The van der Waals surface area contributed by atoms with Crippen molar-refractivity contribution in [1.82, 2.24) is 4.31 Å². The first kappa shape index (κ1) is 23.5. The van der Waals surface area contributed by atoms with Crippen LogP contribution in [0.2, 0.25) is 0 Å². The molecule has 0 saturated carbocycles. The number of benzene rings is 2. The lowest BCUT2D eigenvalue weighted by atomic mass is 10.2. The molecule has 9 heteroatoms. The predicted octanol–water partition coefficient (Wildman–Crippen LogP) is 3.10. The van der Waals surface area contributed by atoms with E-state index in [2.05, 4.69) is 10.2 Å². The molecular weight excluding hydrogens is 442 g/mol. The van der Waals surface area contributed by atoms with Crippen LogP contribution in [0, 0.1) is 0 Å². The van der Waals surface area contributed by atoms with E-state index in [-0.39, 0.29) is 10.8 Å². The van der Waals surface area contributed by atoms with E-state index in [0.29, 0.717) is 44.2 Å². The van der Waals surface area contributed by atoms with Crippen LogP contribution in [0.1, 0.15) is 26.2 Å². The predicted molar refractivity (Wildman–Crippen MR) is 127 cm³/mol. The number of hydrogen-bond acceptors (Lipinski definition) is 6. The van der Waals surface area contributed by atoms with Gasteiger partial charge in [-0.2, -0.15) is 4.31 Å². The van der Waals surface area contributed by atoms with Crippen LogP contribution in [0.5, 0.6) is 5.75 Å². The summed E-state index contributed by atoms with van der Waals surface area (Å²) >= 11 is 0. The van der Waals surface area contributed by atoms with Gasteiger partial charge >= 0.3 is 0 Å². The van der Waals surface area contributed by atoms with Gasteiger partial charge in [-0.3, -0.25) is 4.79 Å². The third-order valence-electron chi connectivity index (χ3n) is 5.97. The number of carbonyl (C=O) groups excluding carboxylic acids is 1. The van der Waals surface area contributed by atoms with Gasteiger partial charge in [0.25, 0.3) is 5.91 Å². The number of morpholine rings is 1. The van der Waals surface area contributed by atoms with Crippen LogP contribution < -0.4 is 15.0 Å². The molecule has 2 aliphatic heterocycles. The monoisotopic (exact) mass is 473 g/mol. The molecule has 2 saturated heterocycles. The number of sulfonamides is 1. The molecule has 2 aliphatic rings. The van der Waals surface area contributed by atoms with Crippen molar-refractivity contribution in [3.63, 3.8) is 0 Å². The minimum absolute atomic E-state index is 0.166. The zero-order valence-corrected chi connectivity index (χ0v) is 19.7. The molecule has 4 rings (SSSR count). The van der Waals surface area contributed by atoms with Crippen LogP contribution in [0.15, 0.2) is 53.4 Å². The molecule has 2 fully saturated rings. The molecule has 1 atom stereocenters. The van der Waals surface area contributed by atoms with Gasteiger partial charge in [0.15, 0.2) is 6.10 Å². The summed E-state index contributed by atoms with van der Waals surface area (Å²) in [4.78, 5) is 15.5. The number of nitrogens with zero attached hydrogens (tertiary/aromatic N) is 2. The Morgan fingerprint density at radius 3 is 2.42 bits per heavy atom. The lowest BCUT2D eigenvalue weighted by Gasteiger charge is -2.27. The minimum Gasteiger partial charge on any atom is -0.481 e. The van der Waals surface area contributed by atoms with Gasteiger partial charge in [0.05, 0.1) is 29.5 Å². The van der Waals surface area contributed by atoms with Crippen molar-refractivity contribution in [2.45, 2.75) is 37.2 Å². The average Bonchev–Trinajstić information content (AvgIpc) is 3.38. The quantitative estimate of drug-likeness (QED) is 0.634. The van der Waals surface area contributed by atoms with Crippen LogP contribution >= 0.6 is 0 Å². The van der Waals surface area contributed by atoms with E-state index in [9.17, 15) is 13.2 Å². The van der Waals surface area contributed by atoms with Crippen LogP contribution in [0.25, 0.3) is 0 Å². The largest absolute Gasteiger partial charge is 0.481 e. The van der Waals surface area contributed by atoms with E-state index in [4.69, 9.17) is 9.47 Å². The summed E-state index contributed by atoms with van der Waals surface area (Å²) in [6.45, 7) is 5.02. The Hall–Kier alpha value is -2.62. The fourth-order valence-corrected chi connectivity index (χ4v) is 5.58. The molecule has 2 aromatic carbocycles. The first-order chi connectivity index (χ1) is 16.0. The molecule has 1 N–H and O–H groups in total. The van der Waals surface area contributed by atoms with Crippen molar-refractivity contribution in [2.24, 2.45) is 0 Å². The Bertz CT molecular complexity index is 1050. The molecule has 33 heavy (non-hydrogen) atoms. The highest BCUT2D eigenvalue weighted by Crippen LogP contribution is 2.33. The van der Waals surface area contributed by atoms with Gasteiger partial charge in [0, 0.05) is 26.2 Å². The molecule has 2 heterocycles. The van der Waals surface area contributed by atoms with Gasteiger partial charge in [-0.1, -0.05) is 25.1 Å². The molecule has 178 valence electrons. The second kappa shape index (κ2) is 10.5. The number of hydrogen-bond donors (Lipinski definition) is 1. The van der Waals surface area contributed by atoms with E-state index in [1.807, 2.05) is 25.1 Å². The maximum Gasteiger partial charge on any atom is 0.265 e. The van der Waals surface area contributed by atoms with Crippen molar-refractivity contribution < 1.29 is 22.7 Å². The third kappa shape index (κ3) is 5.48. The van der Waals surface area contributed by atoms with Crippen molar-refractivity contribution in [3.8, 4) is 5.75 Å². The Kier molecular flexibility index (Phi) is 7.52. The Morgan fingerprint density at radius 2 is 1.76 bits per heavy atom. The zero-order chi connectivity index (χ0) is 23.3. The van der Waals surface area contributed by atoms with Crippen LogP contribution in [-0.2, 0) is 19.6 Å². The Labute approximate surface area is 195 Å². The van der Waals surface area contributed by atoms with Crippen molar-refractivity contribution in [2.75, 3.05) is 49.6 Å². The summed E-state index contributed by atoms with van der Waals surface area (Å²) in [7, 11) is -3.68. The topological polar surface area (TPSA) is 88.2 Å². The molecule has 0 bridgehead atoms. The number of anilines is 2. The van der Waals surface area contributed by atoms with Gasteiger partial charge in [-0.05, 0) is 49.6 Å². The van der Waals surface area contributed by atoms with E-state index in [1.165, 1.54) is 4.31 Å². The van der Waals surface area contributed by atoms with Gasteiger partial charge in [-0.15, -0.1) is 0 Å². The van der Waals surface area contributed by atoms with Crippen LogP contribution in [0.3, 0.4) is 0 Å². The second-order valence-electron chi connectivity index (χ2n) is 8.21. The van der Waals surface area contributed by atoms with Gasteiger partial charge < -0.3 is 19.7 Å². The fraction of sp³-hybridized carbons (Fsp3) is 0.458. The van der Waals surface area contributed by atoms with E-state index in [1.54, 1.807) is 30.3 Å². The molecule has 0 aliphatic carbocycles. The van der Waals surface area contributed by atoms with E-state index in [0.717, 1.165) is 31.6 Å². The summed E-state index contributed by atoms with van der Waals surface area (Å²) < 4.78 is 39.0. The van der Waals surface area contributed by atoms with Crippen molar-refractivity contribution >= 4 is 27.3 Å². The molecule has 1 unspecified atom stereocenters. The molecule has 0 spiro atoms. The molecular formula is C24H31N3O5S. The molecule has 1 amide bonds. The number of para-hydroxylation sites is 1. The summed E-state index contributed by atoms with van der Waals surface area (Å²) in [5.41, 5.74) is 1.32. The van der Waals surface area contributed by atoms with Crippen LogP contribution in [-0.4, -0.2) is 64.1 Å². The summed E-state index contributed by atoms with van der Waals surface area (Å²) in [5.74, 6) is 0.311. The summed E-state index contributed by atoms with van der Waals surface area (Å²) in [6.07, 6.45) is 1.91. The lowest BCUT2D eigenvalue weighted by molar-refractivity contribution is -0.122. The van der Waals surface area contributed by atoms with Gasteiger partial charge in [-0.25, -0.2) is 8.42 Å². The van der Waals surface area contributed by atoms with E-state index >= 15 is 0 Å². The van der Waals surface area contributed by atoms with Gasteiger partial charge in [0.2, 0.25) is 10.0 Å². The minimum atomic E-state index is -3.68. The molecule has 0 radical (unpaired) electrons. The first-order valence-electron chi connectivity index (χ1n) is 11.5. The highest BCUT2D eigenvalue weighted by molar-refractivity contribution is 7.89. The Morgan fingerprint density at radius 1 is 1.06 bits per heavy atom. The SMILES string of the molecule is CCC(Oc1ccccc1)C(=O)Nc1cc(S(=O)(=O)N2CCOCC2)ccc1N1CCCC1. The maximum atomic E-state index is 13.2. The summed E-state index contributed by atoms with van der Waals surface area (Å²) in [5, 5.41) is 2.96. The number of ether oxygens (including phenoxy) is 2. The number of nitrogens with one attached hydrogen (secondary N) is 1. The number of carbonyl (C=O) groups is 1. The lowest BCUT2D eigenvalue weighted by Crippen LogP contribution is -2.40. The highest BCUT2D eigenvalue weighted by Gasteiger charge is 2.29. The van der Waals surface area contributed by atoms with Crippen LogP contribution in [0.4, 0.5) is 11.4 Å². The highest BCUT2D eigenvalue weighted by atomic mass is 32.2. The maximum absolute atomic E-state index is 13.2. The van der Waals surface area contributed by atoms with Crippen molar-refractivity contribution in [3.05, 3.63) is 48.5 Å². The second-order valence-corrected chi connectivity index (χ2v) is 10.1. The molecule has 8 nitrogen and oxygen atoms in total. The fourth-order valence-electron chi connectivity index (χ4n) is 4.14. The standard InChI is InChI=1S/C24H31N3O5S/c1-2-23(32-19-8-4-3-5-9-19)24(28)25-21-18-20(10-11-22(21)26-12-6-7-13-26)33(29,30)27-14-16-31-17-15-27/h3-5,8-11,18,23H,2,6-7,12-17H2,1H3,(H,25,28). The zero-order valence-electron chi connectivity index (χ0n) is 18.9. The summed E-state index contributed by atoms with van der Waals surface area (Å²) in [6, 6.07) is 14.2.